The second kappa shape index (κ2) is 6.00. The molecule has 2 aromatic rings. The zero-order chi connectivity index (χ0) is 12.3. The molecule has 2 aromatic heterocycles. The van der Waals surface area contributed by atoms with Gasteiger partial charge in [0.05, 0.1) is 5.75 Å². The van der Waals surface area contributed by atoms with Gasteiger partial charge in [-0.1, -0.05) is 18.5 Å². The third-order valence-electron chi connectivity index (χ3n) is 2.36. The maximum absolute atomic E-state index is 8.83. The van der Waals surface area contributed by atoms with E-state index in [1.807, 2.05) is 11.4 Å². The van der Waals surface area contributed by atoms with E-state index in [0.717, 1.165) is 28.2 Å². The summed E-state index contributed by atoms with van der Waals surface area (Å²) in [7, 11) is 0. The van der Waals surface area contributed by atoms with Crippen molar-refractivity contribution in [1.29, 1.82) is 0 Å². The van der Waals surface area contributed by atoms with E-state index in [1.54, 1.807) is 23.1 Å². The highest BCUT2D eigenvalue weighted by atomic mass is 35.5. The molecule has 2 heterocycles. The zero-order valence-electron chi connectivity index (χ0n) is 9.39. The first-order valence-corrected chi connectivity index (χ1v) is 7.63. The Bertz CT molecular complexity index is 503. The Hall–Kier alpha value is -0.360. The molecule has 0 aromatic carbocycles. The van der Waals surface area contributed by atoms with Gasteiger partial charge in [-0.3, -0.25) is 0 Å². The van der Waals surface area contributed by atoms with Crippen LogP contribution in [-0.2, 0) is 5.75 Å². The molecule has 0 fully saturated rings. The van der Waals surface area contributed by atoms with E-state index in [9.17, 15) is 0 Å². The molecule has 3 nitrogen and oxygen atoms in total. The third kappa shape index (κ3) is 3.31. The Kier molecular flexibility index (Phi) is 4.62. The Morgan fingerprint density at radius 3 is 3.12 bits per heavy atom. The van der Waals surface area contributed by atoms with Gasteiger partial charge in [-0.2, -0.15) is 11.8 Å². The van der Waals surface area contributed by atoms with Crippen molar-refractivity contribution in [3.05, 3.63) is 22.4 Å². The zero-order valence-corrected chi connectivity index (χ0v) is 11.8. The van der Waals surface area contributed by atoms with E-state index < -0.39 is 0 Å². The van der Waals surface area contributed by atoms with Gasteiger partial charge in [0.1, 0.15) is 15.8 Å². The number of aromatic nitrogens is 2. The molecule has 0 saturated heterocycles. The van der Waals surface area contributed by atoms with Gasteiger partial charge in [-0.05, 0) is 17.9 Å². The molecule has 2 rings (SSSR count). The Labute approximate surface area is 113 Å². The first-order chi connectivity index (χ1) is 8.20. The lowest BCUT2D eigenvalue weighted by Crippen LogP contribution is -2.01. The van der Waals surface area contributed by atoms with E-state index in [0.29, 0.717) is 10.4 Å². The van der Waals surface area contributed by atoms with Crippen LogP contribution < -0.4 is 0 Å². The van der Waals surface area contributed by atoms with Crippen molar-refractivity contribution in [1.82, 2.24) is 9.97 Å². The molecular weight excluding hydrogens is 276 g/mol. The lowest BCUT2D eigenvalue weighted by Gasteiger charge is -2.08. The molecule has 0 spiro atoms. The van der Waals surface area contributed by atoms with Crippen molar-refractivity contribution in [2.75, 3.05) is 6.61 Å². The molecule has 92 valence electrons. The summed E-state index contributed by atoms with van der Waals surface area (Å²) in [5.41, 5.74) is 0. The number of thioether (sulfide) groups is 1. The van der Waals surface area contributed by atoms with Crippen LogP contribution in [0.1, 0.15) is 19.2 Å². The fraction of sp³-hybridized carbons (Fsp3) is 0.455. The van der Waals surface area contributed by atoms with E-state index in [1.165, 1.54) is 0 Å². The molecule has 1 N–H and O–H groups in total. The minimum absolute atomic E-state index is 0.222. The summed E-state index contributed by atoms with van der Waals surface area (Å²) in [4.78, 5) is 9.69. The molecule has 17 heavy (non-hydrogen) atoms. The van der Waals surface area contributed by atoms with Crippen molar-refractivity contribution < 1.29 is 5.11 Å². The van der Waals surface area contributed by atoms with Crippen LogP contribution in [0.25, 0.3) is 10.2 Å². The molecule has 0 aliphatic rings. The Morgan fingerprint density at radius 2 is 2.35 bits per heavy atom. The van der Waals surface area contributed by atoms with E-state index in [4.69, 9.17) is 16.7 Å². The Morgan fingerprint density at radius 1 is 1.53 bits per heavy atom. The van der Waals surface area contributed by atoms with Crippen molar-refractivity contribution in [2.24, 2.45) is 0 Å². The van der Waals surface area contributed by atoms with Crippen LogP contribution in [0.4, 0.5) is 0 Å². The monoisotopic (exact) mass is 288 g/mol. The fourth-order valence-electron chi connectivity index (χ4n) is 1.41. The molecule has 0 bridgehead atoms. The molecule has 0 saturated carbocycles. The third-order valence-corrected chi connectivity index (χ3v) is 4.68. The average molecular weight is 289 g/mol. The van der Waals surface area contributed by atoms with Crippen molar-refractivity contribution in [3.63, 3.8) is 0 Å². The second-order valence-electron chi connectivity index (χ2n) is 3.70. The summed E-state index contributed by atoms with van der Waals surface area (Å²) in [5, 5.41) is 12.7. The SMILES string of the molecule is CC(CCO)SCc1nc(Cl)c2ccsc2n1. The fourth-order valence-corrected chi connectivity index (χ4v) is 3.33. The van der Waals surface area contributed by atoms with Crippen molar-refractivity contribution >= 4 is 44.9 Å². The standard InChI is InChI=1S/C11H13ClN2OS2/c1-7(2-4-15)17-6-9-13-10(12)8-3-5-16-11(8)14-9/h3,5,7,15H,2,4,6H2,1H3. The average Bonchev–Trinajstić information content (AvgIpc) is 2.75. The summed E-state index contributed by atoms with van der Waals surface area (Å²) in [5.74, 6) is 1.49. The van der Waals surface area contributed by atoms with E-state index >= 15 is 0 Å². The van der Waals surface area contributed by atoms with Gasteiger partial charge in [0.15, 0.2) is 0 Å². The maximum atomic E-state index is 8.83. The summed E-state index contributed by atoms with van der Waals surface area (Å²) in [6, 6.07) is 1.94. The summed E-state index contributed by atoms with van der Waals surface area (Å²) in [6.07, 6.45) is 0.791. The van der Waals surface area contributed by atoms with Crippen LogP contribution in [0.5, 0.6) is 0 Å². The lowest BCUT2D eigenvalue weighted by molar-refractivity contribution is 0.289. The van der Waals surface area contributed by atoms with Gasteiger partial charge in [0, 0.05) is 17.2 Å². The number of hydrogen-bond acceptors (Lipinski definition) is 5. The first kappa shape index (κ1) is 13.1. The predicted molar refractivity (Wildman–Crippen MR) is 74.9 cm³/mol. The summed E-state index contributed by atoms with van der Waals surface area (Å²) in [6.45, 7) is 2.31. The highest BCUT2D eigenvalue weighted by Crippen LogP contribution is 2.26. The molecular formula is C11H13ClN2OS2. The van der Waals surface area contributed by atoms with Gasteiger partial charge >= 0.3 is 0 Å². The molecule has 0 amide bonds. The van der Waals surface area contributed by atoms with Crippen LogP contribution in [-0.4, -0.2) is 26.9 Å². The minimum atomic E-state index is 0.222. The van der Waals surface area contributed by atoms with Crippen LogP contribution in [0.3, 0.4) is 0 Å². The summed E-state index contributed by atoms with van der Waals surface area (Å²) >= 11 is 9.40. The largest absolute Gasteiger partial charge is 0.396 e. The smallest absolute Gasteiger partial charge is 0.141 e. The number of rotatable bonds is 5. The summed E-state index contributed by atoms with van der Waals surface area (Å²) < 4.78 is 0. The Balaban J connectivity index is 2.08. The van der Waals surface area contributed by atoms with Crippen molar-refractivity contribution in [3.8, 4) is 0 Å². The molecule has 0 radical (unpaired) electrons. The number of aliphatic hydroxyl groups excluding tert-OH is 1. The molecule has 6 heteroatoms. The van der Waals surface area contributed by atoms with Crippen LogP contribution >= 0.6 is 34.7 Å². The molecule has 1 atom stereocenters. The number of fused-ring (bicyclic) bond motifs is 1. The number of aliphatic hydroxyl groups is 1. The van der Waals surface area contributed by atoms with Gasteiger partial charge < -0.3 is 5.11 Å². The number of nitrogens with zero attached hydrogens (tertiary/aromatic N) is 2. The number of thiophene rings is 1. The predicted octanol–water partition coefficient (Wildman–Crippen LogP) is 3.35. The molecule has 1 unspecified atom stereocenters. The van der Waals surface area contributed by atoms with E-state index in [-0.39, 0.29) is 6.61 Å². The maximum Gasteiger partial charge on any atom is 0.141 e. The van der Waals surface area contributed by atoms with Gasteiger partial charge in [-0.15, -0.1) is 11.3 Å². The van der Waals surface area contributed by atoms with Crippen LogP contribution in [0, 0.1) is 0 Å². The second-order valence-corrected chi connectivity index (χ2v) is 6.38. The highest BCUT2D eigenvalue weighted by Gasteiger charge is 2.09. The molecule has 0 aliphatic heterocycles. The van der Waals surface area contributed by atoms with Crippen LogP contribution in [0.15, 0.2) is 11.4 Å². The lowest BCUT2D eigenvalue weighted by atomic mass is 10.3. The normalized spacial score (nSPS) is 13.1. The van der Waals surface area contributed by atoms with Gasteiger partial charge in [0.25, 0.3) is 0 Å². The quantitative estimate of drug-likeness (QED) is 0.857. The number of hydrogen-bond donors (Lipinski definition) is 1. The van der Waals surface area contributed by atoms with Gasteiger partial charge in [0.2, 0.25) is 0 Å². The van der Waals surface area contributed by atoms with Crippen molar-refractivity contribution in [2.45, 2.75) is 24.3 Å². The number of halogens is 1. The minimum Gasteiger partial charge on any atom is -0.396 e. The van der Waals surface area contributed by atoms with Gasteiger partial charge in [-0.25, -0.2) is 9.97 Å². The van der Waals surface area contributed by atoms with E-state index in [2.05, 4.69) is 16.9 Å². The topological polar surface area (TPSA) is 46.0 Å². The first-order valence-electron chi connectivity index (χ1n) is 5.33. The highest BCUT2D eigenvalue weighted by molar-refractivity contribution is 7.99. The van der Waals surface area contributed by atoms with Crippen LogP contribution in [0.2, 0.25) is 5.15 Å². The molecule has 0 aliphatic carbocycles.